The minimum atomic E-state index is -2.65. The van der Waals surface area contributed by atoms with Gasteiger partial charge < -0.3 is 0 Å². The van der Waals surface area contributed by atoms with E-state index in [1.807, 2.05) is 0 Å². The van der Waals surface area contributed by atoms with Crippen LogP contribution in [0.4, 0.5) is 8.78 Å². The van der Waals surface area contributed by atoms with Gasteiger partial charge in [-0.05, 0) is 0 Å². The third-order valence-electron chi connectivity index (χ3n) is 0.172. The van der Waals surface area contributed by atoms with E-state index in [0.717, 1.165) is 0 Å². The lowest BCUT2D eigenvalue weighted by Crippen LogP contribution is -1.95. The number of thiocarbonyl (C=S) groups is 1. The molecule has 0 saturated carbocycles. The van der Waals surface area contributed by atoms with Gasteiger partial charge in [0, 0.05) is 0 Å². The molecular formula is C2HClF2S. The lowest BCUT2D eigenvalue weighted by Gasteiger charge is -1.83. The lowest BCUT2D eigenvalue weighted by molar-refractivity contribution is 0.232. The smallest absolute Gasteiger partial charge is 0.203 e. The maximum Gasteiger partial charge on any atom is 0.284 e. The summed E-state index contributed by atoms with van der Waals surface area (Å²) in [5.74, 6) is 0. The Balaban J connectivity index is 3.26. The van der Waals surface area contributed by atoms with Crippen molar-refractivity contribution in [3.63, 3.8) is 0 Å². The summed E-state index contributed by atoms with van der Waals surface area (Å²) in [6.45, 7) is 0. The standard InChI is InChI=1S/C2HClF2S/c3-1(6)2(4)5/h2H. The maximum atomic E-state index is 10.9. The summed E-state index contributed by atoms with van der Waals surface area (Å²) in [5, 5.41) is 0. The molecule has 0 spiro atoms. The molecule has 0 aromatic rings. The van der Waals surface area contributed by atoms with E-state index >= 15 is 0 Å². The van der Waals surface area contributed by atoms with Crippen molar-refractivity contribution >= 4 is 28.1 Å². The van der Waals surface area contributed by atoms with E-state index in [1.165, 1.54) is 0 Å². The molecular weight excluding hydrogens is 130 g/mol. The summed E-state index contributed by atoms with van der Waals surface area (Å²) < 4.78 is 21.0. The molecule has 0 bridgehead atoms. The lowest BCUT2D eigenvalue weighted by atomic mass is 10.9. The van der Waals surface area contributed by atoms with Crippen LogP contribution in [0.5, 0.6) is 0 Å². The number of hydrogen-bond donors (Lipinski definition) is 0. The third-order valence-corrected chi connectivity index (χ3v) is 0.515. The Labute approximate surface area is 44.1 Å². The summed E-state index contributed by atoms with van der Waals surface area (Å²) in [7, 11) is 0. The molecule has 0 aliphatic carbocycles. The average molecular weight is 131 g/mol. The van der Waals surface area contributed by atoms with Crippen molar-refractivity contribution < 1.29 is 8.78 Å². The minimum Gasteiger partial charge on any atom is -0.203 e. The van der Waals surface area contributed by atoms with Crippen molar-refractivity contribution in [2.24, 2.45) is 0 Å². The highest BCUT2D eigenvalue weighted by Gasteiger charge is 2.03. The zero-order valence-electron chi connectivity index (χ0n) is 2.62. The highest BCUT2D eigenvalue weighted by atomic mass is 35.5. The normalized spacial score (nSPS) is 9.33. The van der Waals surface area contributed by atoms with Gasteiger partial charge in [0.25, 0.3) is 6.43 Å². The predicted molar refractivity (Wildman–Crippen MR) is 24.5 cm³/mol. The number of rotatable bonds is 1. The minimum absolute atomic E-state index is 0.769. The number of hydrogen-bond acceptors (Lipinski definition) is 1. The van der Waals surface area contributed by atoms with Crippen LogP contribution in [-0.2, 0) is 0 Å². The van der Waals surface area contributed by atoms with Gasteiger partial charge in [0.05, 0.1) is 0 Å². The molecule has 0 fully saturated rings. The van der Waals surface area contributed by atoms with Crippen LogP contribution in [-0.4, -0.2) is 10.7 Å². The van der Waals surface area contributed by atoms with Gasteiger partial charge in [-0.1, -0.05) is 23.8 Å². The largest absolute Gasteiger partial charge is 0.284 e. The van der Waals surface area contributed by atoms with Crippen LogP contribution in [0.3, 0.4) is 0 Å². The Bertz CT molecular complexity index is 62.6. The van der Waals surface area contributed by atoms with Crippen molar-refractivity contribution in [1.82, 2.24) is 0 Å². The molecule has 0 saturated heterocycles. The Morgan fingerprint density at radius 1 is 1.67 bits per heavy atom. The highest BCUT2D eigenvalue weighted by Crippen LogP contribution is 1.98. The molecule has 0 aromatic carbocycles. The number of halogens is 3. The fourth-order valence-electron chi connectivity index (χ4n) is 0. The molecule has 4 heteroatoms. The topological polar surface area (TPSA) is 0 Å². The molecule has 0 aromatic heterocycles. The van der Waals surface area contributed by atoms with Crippen LogP contribution in [0.1, 0.15) is 0 Å². The van der Waals surface area contributed by atoms with Crippen LogP contribution in [0.15, 0.2) is 0 Å². The monoisotopic (exact) mass is 130 g/mol. The number of alkyl halides is 2. The fourth-order valence-corrected chi connectivity index (χ4v) is 0. The van der Waals surface area contributed by atoms with Crippen molar-refractivity contribution in [3.8, 4) is 0 Å². The van der Waals surface area contributed by atoms with Crippen molar-refractivity contribution in [3.05, 3.63) is 0 Å². The van der Waals surface area contributed by atoms with Gasteiger partial charge in [0.15, 0.2) is 0 Å². The van der Waals surface area contributed by atoms with E-state index in [0.29, 0.717) is 0 Å². The first-order chi connectivity index (χ1) is 2.64. The maximum absolute atomic E-state index is 10.9. The Hall–Kier alpha value is 0.240. The molecule has 0 heterocycles. The second kappa shape index (κ2) is 2.42. The zero-order chi connectivity index (χ0) is 5.15. The van der Waals surface area contributed by atoms with Gasteiger partial charge in [-0.2, -0.15) is 0 Å². The van der Waals surface area contributed by atoms with E-state index in [2.05, 4.69) is 23.8 Å². The van der Waals surface area contributed by atoms with Crippen molar-refractivity contribution in [2.45, 2.75) is 6.43 Å². The first kappa shape index (κ1) is 6.24. The van der Waals surface area contributed by atoms with Gasteiger partial charge in [0.1, 0.15) is 4.32 Å². The van der Waals surface area contributed by atoms with E-state index in [9.17, 15) is 8.78 Å². The summed E-state index contributed by atoms with van der Waals surface area (Å²) >= 11 is 8.43. The van der Waals surface area contributed by atoms with E-state index in [4.69, 9.17) is 0 Å². The molecule has 0 atom stereocenters. The van der Waals surface area contributed by atoms with E-state index in [1.54, 1.807) is 0 Å². The summed E-state index contributed by atoms with van der Waals surface area (Å²) in [4.78, 5) is 0. The van der Waals surface area contributed by atoms with Gasteiger partial charge in [-0.3, -0.25) is 0 Å². The molecule has 0 aliphatic heterocycles. The molecule has 0 unspecified atom stereocenters. The zero-order valence-corrected chi connectivity index (χ0v) is 4.19. The van der Waals surface area contributed by atoms with Gasteiger partial charge in [-0.25, -0.2) is 8.78 Å². The average Bonchev–Trinajstić information content (AvgIpc) is 1.36. The molecule has 0 aliphatic rings. The summed E-state index contributed by atoms with van der Waals surface area (Å²) in [6.07, 6.45) is -2.65. The molecule has 0 amide bonds. The van der Waals surface area contributed by atoms with Crippen LogP contribution >= 0.6 is 23.8 Å². The molecule has 0 nitrogen and oxygen atoms in total. The van der Waals surface area contributed by atoms with Gasteiger partial charge >= 0.3 is 0 Å². The Morgan fingerprint density at radius 2 is 1.83 bits per heavy atom. The van der Waals surface area contributed by atoms with Crippen molar-refractivity contribution in [1.29, 1.82) is 0 Å². The van der Waals surface area contributed by atoms with Crippen LogP contribution in [0, 0.1) is 0 Å². The first-order valence-corrected chi connectivity index (χ1v) is 1.90. The van der Waals surface area contributed by atoms with Crippen LogP contribution in [0.2, 0.25) is 0 Å². The second-order valence-electron chi connectivity index (χ2n) is 0.605. The molecule has 0 rings (SSSR count). The second-order valence-corrected chi connectivity index (χ2v) is 1.68. The van der Waals surface area contributed by atoms with E-state index in [-0.39, 0.29) is 0 Å². The fraction of sp³-hybridized carbons (Fsp3) is 0.500. The summed E-state index contributed by atoms with van der Waals surface area (Å²) in [6, 6.07) is 0. The van der Waals surface area contributed by atoms with Crippen LogP contribution in [0.25, 0.3) is 0 Å². The Kier molecular flexibility index (Phi) is 2.52. The SMILES string of the molecule is FC(F)C(=S)Cl. The van der Waals surface area contributed by atoms with E-state index < -0.39 is 10.7 Å². The quantitative estimate of drug-likeness (QED) is 0.385. The van der Waals surface area contributed by atoms with Crippen molar-refractivity contribution in [2.75, 3.05) is 0 Å². The molecule has 6 heavy (non-hydrogen) atoms. The molecule has 0 radical (unpaired) electrons. The molecule has 0 N–H and O–H groups in total. The first-order valence-electron chi connectivity index (χ1n) is 1.12. The van der Waals surface area contributed by atoms with Gasteiger partial charge in [-0.15, -0.1) is 0 Å². The highest BCUT2D eigenvalue weighted by molar-refractivity contribution is 7.83. The molecule has 36 valence electrons. The van der Waals surface area contributed by atoms with Crippen LogP contribution < -0.4 is 0 Å². The Morgan fingerprint density at radius 3 is 1.83 bits per heavy atom. The third kappa shape index (κ3) is 2.48. The predicted octanol–water partition coefficient (Wildman–Crippen LogP) is 1.82. The summed E-state index contributed by atoms with van der Waals surface area (Å²) in [5.41, 5.74) is 0. The van der Waals surface area contributed by atoms with Gasteiger partial charge in [0.2, 0.25) is 0 Å².